The van der Waals surface area contributed by atoms with Gasteiger partial charge in [0.05, 0.1) is 22.1 Å². The predicted octanol–water partition coefficient (Wildman–Crippen LogP) is 4.86. The largest absolute Gasteiger partial charge is 0.464 e. The van der Waals surface area contributed by atoms with Crippen LogP contribution < -0.4 is 0 Å². The maximum Gasteiger partial charge on any atom is 0.178 e. The zero-order valence-corrected chi connectivity index (χ0v) is 12.2. The predicted molar refractivity (Wildman–Crippen MR) is 79.4 cm³/mol. The SMILES string of the molecule is Cc1ccc(C(C)n2c(=S)[nH]c3cccc(Cl)c32)o1. The molecule has 0 spiro atoms. The average Bonchev–Trinajstić information content (AvgIpc) is 2.92. The highest BCUT2D eigenvalue weighted by atomic mass is 35.5. The number of rotatable bonds is 2. The molecule has 0 bridgehead atoms. The van der Waals surface area contributed by atoms with Crippen molar-refractivity contribution >= 4 is 34.9 Å². The summed E-state index contributed by atoms with van der Waals surface area (Å²) in [5, 5.41) is 0.681. The van der Waals surface area contributed by atoms with Crippen molar-refractivity contribution in [1.29, 1.82) is 0 Å². The zero-order valence-electron chi connectivity index (χ0n) is 10.6. The highest BCUT2D eigenvalue weighted by Gasteiger charge is 2.17. The number of imidazole rings is 1. The van der Waals surface area contributed by atoms with Crippen molar-refractivity contribution in [2.45, 2.75) is 19.9 Å². The van der Waals surface area contributed by atoms with E-state index in [0.29, 0.717) is 9.79 Å². The molecule has 1 unspecified atom stereocenters. The first-order chi connectivity index (χ1) is 9.08. The Morgan fingerprint density at radius 1 is 1.32 bits per heavy atom. The number of fused-ring (bicyclic) bond motifs is 1. The molecule has 3 nitrogen and oxygen atoms in total. The van der Waals surface area contributed by atoms with Crippen LogP contribution in [0.15, 0.2) is 34.7 Å². The first kappa shape index (κ1) is 12.5. The van der Waals surface area contributed by atoms with Gasteiger partial charge in [0.15, 0.2) is 4.77 Å². The van der Waals surface area contributed by atoms with Crippen LogP contribution in [0.5, 0.6) is 0 Å². The maximum absolute atomic E-state index is 6.29. The molecule has 19 heavy (non-hydrogen) atoms. The summed E-state index contributed by atoms with van der Waals surface area (Å²) in [6.07, 6.45) is 0. The maximum atomic E-state index is 6.29. The summed E-state index contributed by atoms with van der Waals surface area (Å²) >= 11 is 11.7. The van der Waals surface area contributed by atoms with E-state index in [1.165, 1.54) is 0 Å². The van der Waals surface area contributed by atoms with Gasteiger partial charge in [-0.15, -0.1) is 0 Å². The summed E-state index contributed by atoms with van der Waals surface area (Å²) in [6.45, 7) is 3.97. The topological polar surface area (TPSA) is 33.9 Å². The standard InChI is InChI=1S/C14H13ClN2OS/c1-8-6-7-12(18-8)9(2)17-13-10(15)4-3-5-11(13)16-14(17)19/h3-7,9H,1-2H3,(H,16,19). The van der Waals surface area contributed by atoms with Gasteiger partial charge in [-0.3, -0.25) is 0 Å². The lowest BCUT2D eigenvalue weighted by atomic mass is 10.2. The number of hydrogen-bond acceptors (Lipinski definition) is 2. The van der Waals surface area contributed by atoms with Gasteiger partial charge in [-0.25, -0.2) is 0 Å². The number of halogens is 1. The third-order valence-electron chi connectivity index (χ3n) is 3.25. The molecule has 2 aromatic heterocycles. The Labute approximate surface area is 120 Å². The van der Waals surface area contributed by atoms with E-state index in [2.05, 4.69) is 4.98 Å². The minimum Gasteiger partial charge on any atom is -0.464 e. The van der Waals surface area contributed by atoms with Crippen LogP contribution in [0.4, 0.5) is 0 Å². The molecule has 2 heterocycles. The van der Waals surface area contributed by atoms with Crippen molar-refractivity contribution in [2.24, 2.45) is 0 Å². The summed E-state index contributed by atoms with van der Waals surface area (Å²) < 4.78 is 8.32. The molecule has 0 aliphatic carbocycles. The number of aryl methyl sites for hydroxylation is 1. The highest BCUT2D eigenvalue weighted by molar-refractivity contribution is 7.71. The van der Waals surface area contributed by atoms with Crippen LogP contribution in [0.3, 0.4) is 0 Å². The number of aromatic nitrogens is 2. The summed E-state index contributed by atoms with van der Waals surface area (Å²) in [5.41, 5.74) is 1.85. The molecule has 0 saturated heterocycles. The molecular formula is C14H13ClN2OS. The first-order valence-electron chi connectivity index (χ1n) is 6.03. The Balaban J connectivity index is 2.25. The van der Waals surface area contributed by atoms with Crippen LogP contribution in [0, 0.1) is 11.7 Å². The smallest absolute Gasteiger partial charge is 0.178 e. The van der Waals surface area contributed by atoms with Crippen molar-refractivity contribution in [1.82, 2.24) is 9.55 Å². The molecule has 0 amide bonds. The molecule has 0 aliphatic rings. The molecule has 1 atom stereocenters. The molecule has 3 rings (SSSR count). The van der Waals surface area contributed by atoms with E-state index >= 15 is 0 Å². The lowest BCUT2D eigenvalue weighted by Crippen LogP contribution is -2.06. The van der Waals surface area contributed by atoms with Crippen LogP contribution in [0.2, 0.25) is 5.02 Å². The Kier molecular flexibility index (Phi) is 2.99. The second kappa shape index (κ2) is 4.54. The van der Waals surface area contributed by atoms with Crippen molar-refractivity contribution in [2.75, 3.05) is 0 Å². The molecule has 0 aliphatic heterocycles. The number of para-hydroxylation sites is 1. The Hall–Kier alpha value is -1.52. The molecule has 3 aromatic rings. The number of H-pyrrole nitrogens is 1. The lowest BCUT2D eigenvalue weighted by Gasteiger charge is -2.12. The number of hydrogen-bond donors (Lipinski definition) is 1. The molecule has 5 heteroatoms. The van der Waals surface area contributed by atoms with E-state index in [9.17, 15) is 0 Å². The summed E-state index contributed by atoms with van der Waals surface area (Å²) in [6, 6.07) is 9.65. The second-order valence-corrected chi connectivity index (χ2v) is 5.35. The zero-order chi connectivity index (χ0) is 13.6. The quantitative estimate of drug-likeness (QED) is 0.684. The van der Waals surface area contributed by atoms with Gasteiger partial charge in [0, 0.05) is 0 Å². The normalized spacial score (nSPS) is 13.0. The van der Waals surface area contributed by atoms with Crippen LogP contribution in [-0.4, -0.2) is 9.55 Å². The summed E-state index contributed by atoms with van der Waals surface area (Å²) in [7, 11) is 0. The van der Waals surface area contributed by atoms with Crippen molar-refractivity contribution in [3.05, 3.63) is 51.6 Å². The van der Waals surface area contributed by atoms with Gasteiger partial charge in [-0.2, -0.15) is 0 Å². The van der Waals surface area contributed by atoms with Gasteiger partial charge in [0.2, 0.25) is 0 Å². The van der Waals surface area contributed by atoms with Crippen LogP contribution in [0.1, 0.15) is 24.5 Å². The monoisotopic (exact) mass is 292 g/mol. The van der Waals surface area contributed by atoms with E-state index in [0.717, 1.165) is 22.6 Å². The fourth-order valence-corrected chi connectivity index (χ4v) is 2.94. The third-order valence-corrected chi connectivity index (χ3v) is 3.85. The minimum absolute atomic E-state index is 0.00477. The summed E-state index contributed by atoms with van der Waals surface area (Å²) in [4.78, 5) is 3.18. The number of aromatic amines is 1. The number of furan rings is 1. The number of benzene rings is 1. The Morgan fingerprint density at radius 2 is 2.11 bits per heavy atom. The Morgan fingerprint density at radius 3 is 2.79 bits per heavy atom. The highest BCUT2D eigenvalue weighted by Crippen LogP contribution is 2.29. The van der Waals surface area contributed by atoms with E-state index in [1.54, 1.807) is 0 Å². The fraction of sp³-hybridized carbons (Fsp3) is 0.214. The molecule has 1 N–H and O–H groups in total. The fourth-order valence-electron chi connectivity index (χ4n) is 2.31. The minimum atomic E-state index is -0.00477. The van der Waals surface area contributed by atoms with Gasteiger partial charge >= 0.3 is 0 Å². The molecule has 0 saturated carbocycles. The van der Waals surface area contributed by atoms with Gasteiger partial charge in [0.25, 0.3) is 0 Å². The lowest BCUT2D eigenvalue weighted by molar-refractivity contribution is 0.431. The molecular weight excluding hydrogens is 280 g/mol. The van der Waals surface area contributed by atoms with E-state index < -0.39 is 0 Å². The molecule has 1 aromatic carbocycles. The van der Waals surface area contributed by atoms with Gasteiger partial charge in [0.1, 0.15) is 11.5 Å². The van der Waals surface area contributed by atoms with Gasteiger partial charge in [-0.1, -0.05) is 17.7 Å². The van der Waals surface area contributed by atoms with E-state index in [-0.39, 0.29) is 6.04 Å². The number of nitrogens with one attached hydrogen (secondary N) is 1. The summed E-state index contributed by atoms with van der Waals surface area (Å²) in [5.74, 6) is 1.76. The van der Waals surface area contributed by atoms with Gasteiger partial charge in [-0.05, 0) is 50.3 Å². The molecule has 98 valence electrons. The molecule has 0 radical (unpaired) electrons. The van der Waals surface area contributed by atoms with E-state index in [4.69, 9.17) is 28.2 Å². The van der Waals surface area contributed by atoms with Crippen molar-refractivity contribution < 1.29 is 4.42 Å². The van der Waals surface area contributed by atoms with Crippen LogP contribution in [0.25, 0.3) is 11.0 Å². The van der Waals surface area contributed by atoms with E-state index in [1.807, 2.05) is 48.7 Å². The average molecular weight is 293 g/mol. The van der Waals surface area contributed by atoms with Crippen LogP contribution >= 0.6 is 23.8 Å². The first-order valence-corrected chi connectivity index (χ1v) is 6.81. The van der Waals surface area contributed by atoms with Crippen molar-refractivity contribution in [3.63, 3.8) is 0 Å². The van der Waals surface area contributed by atoms with Gasteiger partial charge < -0.3 is 14.0 Å². The second-order valence-electron chi connectivity index (χ2n) is 4.56. The number of nitrogens with zero attached hydrogens (tertiary/aromatic N) is 1. The van der Waals surface area contributed by atoms with Crippen LogP contribution in [-0.2, 0) is 0 Å². The molecule has 0 fully saturated rings. The third kappa shape index (κ3) is 2.01. The Bertz CT molecular complexity index is 799. The van der Waals surface area contributed by atoms with Crippen molar-refractivity contribution in [3.8, 4) is 0 Å².